The number of halogens is 5. The molecule has 7 nitrogen and oxygen atoms in total. The molecule has 1 atom stereocenters. The number of rotatable bonds is 4. The van der Waals surface area contributed by atoms with E-state index >= 15 is 0 Å². The molecule has 0 saturated heterocycles. The molecular formula is C15H11Cl2F3N6O. The molecule has 142 valence electrons. The summed E-state index contributed by atoms with van der Waals surface area (Å²) in [5.74, 6) is 0.397. The summed E-state index contributed by atoms with van der Waals surface area (Å²) >= 11 is 12.4. The van der Waals surface area contributed by atoms with Crippen molar-refractivity contribution in [2.45, 2.75) is 38.0 Å². The number of alkyl halides is 3. The van der Waals surface area contributed by atoms with E-state index in [1.165, 1.54) is 12.5 Å². The van der Waals surface area contributed by atoms with Crippen molar-refractivity contribution in [3.05, 3.63) is 28.5 Å². The van der Waals surface area contributed by atoms with Crippen molar-refractivity contribution in [3.63, 3.8) is 0 Å². The van der Waals surface area contributed by atoms with Gasteiger partial charge in [0, 0.05) is 12.1 Å². The van der Waals surface area contributed by atoms with Crippen molar-refractivity contribution in [1.29, 1.82) is 0 Å². The molecule has 0 spiro atoms. The highest BCUT2D eigenvalue weighted by atomic mass is 35.5. The lowest BCUT2D eigenvalue weighted by molar-refractivity contribution is -0.190. The number of fused-ring (bicyclic) bond motifs is 1. The molecule has 0 aromatic carbocycles. The largest absolute Gasteiger partial charge is 0.464 e. The van der Waals surface area contributed by atoms with Gasteiger partial charge in [-0.3, -0.25) is 0 Å². The minimum Gasteiger partial charge on any atom is -0.464 e. The fourth-order valence-corrected chi connectivity index (χ4v) is 2.86. The Labute approximate surface area is 160 Å². The lowest BCUT2D eigenvalue weighted by Gasteiger charge is -2.20. The quantitative estimate of drug-likeness (QED) is 0.593. The van der Waals surface area contributed by atoms with Gasteiger partial charge in [0.25, 0.3) is 5.78 Å². The van der Waals surface area contributed by atoms with Gasteiger partial charge in [-0.15, -0.1) is 5.10 Å². The van der Waals surface area contributed by atoms with Gasteiger partial charge < -0.3 is 4.74 Å². The summed E-state index contributed by atoms with van der Waals surface area (Å²) in [4.78, 5) is 16.2. The van der Waals surface area contributed by atoms with Gasteiger partial charge in [-0.05, 0) is 19.8 Å². The Morgan fingerprint density at radius 2 is 2.00 bits per heavy atom. The molecule has 0 bridgehead atoms. The molecule has 3 aromatic rings. The van der Waals surface area contributed by atoms with Crippen LogP contribution in [0.4, 0.5) is 13.2 Å². The van der Waals surface area contributed by atoms with E-state index in [0.717, 1.165) is 24.3 Å². The fraction of sp³-hybridized carbons (Fsp3) is 0.400. The summed E-state index contributed by atoms with van der Waals surface area (Å²) in [6.07, 6.45) is -2.44. The van der Waals surface area contributed by atoms with Crippen LogP contribution in [0.25, 0.3) is 17.0 Å². The average Bonchev–Trinajstić information content (AvgIpc) is 3.35. The Hall–Kier alpha value is -2.20. The second-order valence-electron chi connectivity index (χ2n) is 6.06. The van der Waals surface area contributed by atoms with Gasteiger partial charge >= 0.3 is 6.18 Å². The van der Waals surface area contributed by atoms with Crippen molar-refractivity contribution in [1.82, 2.24) is 29.5 Å². The third kappa shape index (κ3) is 3.39. The van der Waals surface area contributed by atoms with E-state index in [1.54, 1.807) is 0 Å². The molecule has 1 aliphatic rings. The van der Waals surface area contributed by atoms with Crippen LogP contribution in [0.15, 0.2) is 12.5 Å². The smallest absolute Gasteiger partial charge is 0.425 e. The van der Waals surface area contributed by atoms with Gasteiger partial charge in [0.05, 0.1) is 5.02 Å². The zero-order chi connectivity index (χ0) is 19.3. The van der Waals surface area contributed by atoms with E-state index in [-0.39, 0.29) is 39.0 Å². The Bertz CT molecular complexity index is 1020. The molecule has 12 heteroatoms. The first kappa shape index (κ1) is 18.2. The van der Waals surface area contributed by atoms with Crippen LogP contribution in [0.1, 0.15) is 31.5 Å². The van der Waals surface area contributed by atoms with Gasteiger partial charge in [-0.1, -0.05) is 23.2 Å². The van der Waals surface area contributed by atoms with Crippen LogP contribution >= 0.6 is 23.2 Å². The first-order chi connectivity index (χ1) is 12.8. The third-order valence-electron chi connectivity index (χ3n) is 4.01. The molecule has 3 heterocycles. The SMILES string of the molecule is CC(Oc1c(-c2ncncc2Cl)c(Cl)nc2nc(C3CC3)nn12)C(F)(F)F. The summed E-state index contributed by atoms with van der Waals surface area (Å²) < 4.78 is 45.7. The highest BCUT2D eigenvalue weighted by Gasteiger charge is 2.40. The second-order valence-corrected chi connectivity index (χ2v) is 6.83. The maximum absolute atomic E-state index is 13.1. The summed E-state index contributed by atoms with van der Waals surface area (Å²) in [6.45, 7) is 0.879. The Kier molecular flexibility index (Phi) is 4.34. The number of ether oxygens (including phenoxy) is 1. The molecule has 1 saturated carbocycles. The summed E-state index contributed by atoms with van der Waals surface area (Å²) in [5.41, 5.74) is 0.0684. The van der Waals surface area contributed by atoms with Gasteiger partial charge in [0.15, 0.2) is 11.9 Å². The summed E-state index contributed by atoms with van der Waals surface area (Å²) in [5, 5.41) is 4.20. The minimum atomic E-state index is -4.60. The van der Waals surface area contributed by atoms with Crippen LogP contribution in [-0.4, -0.2) is 41.8 Å². The van der Waals surface area contributed by atoms with Crippen molar-refractivity contribution in [3.8, 4) is 17.1 Å². The average molecular weight is 419 g/mol. The van der Waals surface area contributed by atoms with Crippen molar-refractivity contribution >= 4 is 29.0 Å². The van der Waals surface area contributed by atoms with Crippen LogP contribution < -0.4 is 4.74 Å². The van der Waals surface area contributed by atoms with E-state index < -0.39 is 12.3 Å². The normalized spacial score (nSPS) is 15.9. The van der Waals surface area contributed by atoms with E-state index in [9.17, 15) is 13.2 Å². The molecule has 1 fully saturated rings. The van der Waals surface area contributed by atoms with Crippen molar-refractivity contribution < 1.29 is 17.9 Å². The Balaban J connectivity index is 1.96. The second kappa shape index (κ2) is 6.45. The zero-order valence-electron chi connectivity index (χ0n) is 13.7. The maximum atomic E-state index is 13.1. The molecule has 1 unspecified atom stereocenters. The van der Waals surface area contributed by atoms with Crippen LogP contribution in [0, 0.1) is 0 Å². The van der Waals surface area contributed by atoms with Gasteiger partial charge in [0.1, 0.15) is 22.7 Å². The number of aromatic nitrogens is 6. The number of nitrogens with zero attached hydrogens (tertiary/aromatic N) is 6. The Morgan fingerprint density at radius 1 is 1.26 bits per heavy atom. The predicted octanol–water partition coefficient (Wildman–Crippen LogP) is 4.10. The molecule has 1 aliphatic carbocycles. The lowest BCUT2D eigenvalue weighted by Crippen LogP contribution is -2.32. The first-order valence-corrected chi connectivity index (χ1v) is 8.66. The van der Waals surface area contributed by atoms with Crippen molar-refractivity contribution in [2.24, 2.45) is 0 Å². The van der Waals surface area contributed by atoms with Gasteiger partial charge in [-0.2, -0.15) is 27.7 Å². The van der Waals surface area contributed by atoms with E-state index in [4.69, 9.17) is 27.9 Å². The monoisotopic (exact) mass is 418 g/mol. The maximum Gasteiger partial charge on any atom is 0.425 e. The molecule has 27 heavy (non-hydrogen) atoms. The molecule has 4 rings (SSSR count). The topological polar surface area (TPSA) is 78.1 Å². The molecule has 0 radical (unpaired) electrons. The van der Waals surface area contributed by atoms with E-state index in [2.05, 4.69) is 25.0 Å². The molecule has 0 amide bonds. The van der Waals surface area contributed by atoms with Crippen LogP contribution in [0.5, 0.6) is 5.88 Å². The molecule has 0 N–H and O–H groups in total. The first-order valence-electron chi connectivity index (χ1n) is 7.91. The predicted molar refractivity (Wildman–Crippen MR) is 89.9 cm³/mol. The van der Waals surface area contributed by atoms with Gasteiger partial charge in [0.2, 0.25) is 5.88 Å². The van der Waals surface area contributed by atoms with Crippen LogP contribution in [0.3, 0.4) is 0 Å². The standard InChI is InChI=1S/C15H11Cl2F3N6O/c1-6(15(18,19)20)27-13-9(10-8(16)4-21-5-22-10)11(17)23-14-24-12(7-2-3-7)25-26(13)14/h4-7H,2-3H2,1H3. The summed E-state index contributed by atoms with van der Waals surface area (Å²) in [7, 11) is 0. The Morgan fingerprint density at radius 3 is 2.63 bits per heavy atom. The van der Waals surface area contributed by atoms with Crippen LogP contribution in [0.2, 0.25) is 10.2 Å². The fourth-order valence-electron chi connectivity index (χ4n) is 2.42. The molecular weight excluding hydrogens is 408 g/mol. The minimum absolute atomic E-state index is 0.0140. The number of hydrogen-bond acceptors (Lipinski definition) is 6. The number of hydrogen-bond donors (Lipinski definition) is 0. The molecule has 0 aliphatic heterocycles. The van der Waals surface area contributed by atoms with E-state index in [1.807, 2.05) is 0 Å². The van der Waals surface area contributed by atoms with Crippen LogP contribution in [-0.2, 0) is 0 Å². The lowest BCUT2D eigenvalue weighted by atomic mass is 10.2. The van der Waals surface area contributed by atoms with Gasteiger partial charge in [-0.25, -0.2) is 9.97 Å². The molecule has 3 aromatic heterocycles. The summed E-state index contributed by atoms with van der Waals surface area (Å²) in [6, 6.07) is 0. The highest BCUT2D eigenvalue weighted by Crippen LogP contribution is 2.42. The highest BCUT2D eigenvalue weighted by molar-refractivity contribution is 6.35. The zero-order valence-corrected chi connectivity index (χ0v) is 15.2. The van der Waals surface area contributed by atoms with E-state index in [0.29, 0.717) is 5.82 Å². The third-order valence-corrected chi connectivity index (χ3v) is 4.56. The van der Waals surface area contributed by atoms with Crippen molar-refractivity contribution in [2.75, 3.05) is 0 Å².